The van der Waals surface area contributed by atoms with Crippen LogP contribution in [0, 0.1) is 0 Å². The maximum absolute atomic E-state index is 12.1. The first-order chi connectivity index (χ1) is 14.6. The van der Waals surface area contributed by atoms with Gasteiger partial charge in [0, 0.05) is 19.6 Å². The number of anilines is 1. The van der Waals surface area contributed by atoms with Gasteiger partial charge in [-0.05, 0) is 41.5 Å². The smallest absolute Gasteiger partial charge is 0.408 e. The third-order valence-corrected chi connectivity index (χ3v) is 5.42. The molecule has 2 aromatic heterocycles. The van der Waals surface area contributed by atoms with Crippen molar-refractivity contribution in [3.05, 3.63) is 11.7 Å². The first kappa shape index (κ1) is 23.3. The summed E-state index contributed by atoms with van der Waals surface area (Å²) in [6, 6.07) is 0. The van der Waals surface area contributed by atoms with E-state index in [2.05, 4.69) is 42.0 Å². The maximum Gasteiger partial charge on any atom is 0.408 e. The van der Waals surface area contributed by atoms with E-state index in [4.69, 9.17) is 14.0 Å². The van der Waals surface area contributed by atoms with Gasteiger partial charge in [-0.2, -0.15) is 4.98 Å². The molecule has 1 saturated heterocycles. The van der Waals surface area contributed by atoms with Gasteiger partial charge in [0.15, 0.2) is 11.0 Å². The molecule has 11 nitrogen and oxygen atoms in total. The molecule has 0 saturated carbocycles. The van der Waals surface area contributed by atoms with Gasteiger partial charge in [-0.1, -0.05) is 16.9 Å². The van der Waals surface area contributed by atoms with E-state index in [1.165, 1.54) is 11.8 Å². The van der Waals surface area contributed by atoms with Crippen LogP contribution < -0.4 is 10.2 Å². The number of ether oxygens (including phenoxy) is 2. The Hall–Kier alpha value is -2.34. The number of hydrogen-bond acceptors (Lipinski definition) is 10. The highest BCUT2D eigenvalue weighted by Crippen LogP contribution is 2.26. The lowest BCUT2D eigenvalue weighted by Crippen LogP contribution is -2.44. The fraction of sp³-hybridized carbons (Fsp3) is 0.737. The monoisotopic (exact) mass is 453 g/mol. The lowest BCUT2D eigenvalue weighted by molar-refractivity contribution is 0.0465. The molecule has 12 heteroatoms. The molecule has 0 radical (unpaired) electrons. The van der Waals surface area contributed by atoms with Gasteiger partial charge in [0.1, 0.15) is 11.1 Å². The summed E-state index contributed by atoms with van der Waals surface area (Å²) < 4.78 is 18.2. The second-order valence-electron chi connectivity index (χ2n) is 8.68. The van der Waals surface area contributed by atoms with Crippen molar-refractivity contribution < 1.29 is 18.8 Å². The Labute approximate surface area is 186 Å². The Kier molecular flexibility index (Phi) is 7.10. The van der Waals surface area contributed by atoms with Crippen molar-refractivity contribution in [1.82, 2.24) is 30.2 Å². The van der Waals surface area contributed by atoms with E-state index >= 15 is 0 Å². The zero-order valence-electron chi connectivity index (χ0n) is 19.0. The van der Waals surface area contributed by atoms with E-state index < -0.39 is 17.2 Å². The molecule has 3 rings (SSSR count). The molecule has 0 unspecified atom stereocenters. The minimum absolute atomic E-state index is 0.375. The summed E-state index contributed by atoms with van der Waals surface area (Å²) in [6.07, 6.45) is -0.537. The van der Waals surface area contributed by atoms with Crippen molar-refractivity contribution in [2.75, 3.05) is 31.2 Å². The van der Waals surface area contributed by atoms with Crippen LogP contribution >= 0.6 is 11.8 Å². The highest BCUT2D eigenvalue weighted by Gasteiger charge is 2.31. The molecule has 3 heterocycles. The van der Waals surface area contributed by atoms with Crippen LogP contribution in [0.5, 0.6) is 0 Å². The lowest BCUT2D eigenvalue weighted by Gasteiger charge is -2.27. The summed E-state index contributed by atoms with van der Waals surface area (Å²) in [5.74, 6) is 2.11. The molecular weight excluding hydrogens is 422 g/mol. The molecular formula is C19H31N7O4S. The molecule has 0 bridgehead atoms. The third-order valence-electron chi connectivity index (χ3n) is 4.47. The van der Waals surface area contributed by atoms with Crippen molar-refractivity contribution >= 4 is 23.8 Å². The molecule has 31 heavy (non-hydrogen) atoms. The average molecular weight is 454 g/mol. The largest absolute Gasteiger partial charge is 0.444 e. The van der Waals surface area contributed by atoms with Gasteiger partial charge >= 0.3 is 6.09 Å². The van der Waals surface area contributed by atoms with Crippen LogP contribution in [0.4, 0.5) is 10.7 Å². The standard InChI is InChI=1S/C19H31N7O4S/c1-7-26-15(25-8-10-28-11-9-25)22-23-16(26)31-12-13-20-14(24-30-13)19(5,6)21-17(27)29-18(2,3)4/h7-12H2,1-6H3,(H,21,27). The summed E-state index contributed by atoms with van der Waals surface area (Å²) in [4.78, 5) is 18.7. The molecule has 0 atom stereocenters. The zero-order chi connectivity index (χ0) is 22.6. The molecule has 172 valence electrons. The maximum atomic E-state index is 12.1. The molecule has 2 aromatic rings. The van der Waals surface area contributed by atoms with Crippen LogP contribution in [0.2, 0.25) is 0 Å². The van der Waals surface area contributed by atoms with Gasteiger partial charge in [-0.15, -0.1) is 10.2 Å². The predicted octanol–water partition coefficient (Wildman–Crippen LogP) is 2.57. The van der Waals surface area contributed by atoms with Crippen molar-refractivity contribution in [3.63, 3.8) is 0 Å². The van der Waals surface area contributed by atoms with Crippen molar-refractivity contribution in [2.24, 2.45) is 0 Å². The summed E-state index contributed by atoms with van der Waals surface area (Å²) >= 11 is 1.48. The average Bonchev–Trinajstić information content (AvgIpc) is 3.32. The molecule has 1 aliphatic heterocycles. The molecule has 0 aliphatic carbocycles. The van der Waals surface area contributed by atoms with Gasteiger partial charge in [-0.25, -0.2) is 4.79 Å². The quantitative estimate of drug-likeness (QED) is 0.626. The molecule has 1 amide bonds. The van der Waals surface area contributed by atoms with Crippen LogP contribution in [0.1, 0.15) is 53.3 Å². The predicted molar refractivity (Wildman–Crippen MR) is 115 cm³/mol. The molecule has 1 N–H and O–H groups in total. The summed E-state index contributed by atoms with van der Waals surface area (Å²) in [7, 11) is 0. The third kappa shape index (κ3) is 6.10. The number of amides is 1. The molecule has 1 fully saturated rings. The van der Waals surface area contributed by atoms with Gasteiger partial charge in [0.05, 0.1) is 19.0 Å². The van der Waals surface area contributed by atoms with Crippen LogP contribution in [0.25, 0.3) is 0 Å². The van der Waals surface area contributed by atoms with Gasteiger partial charge in [-0.3, -0.25) is 4.57 Å². The lowest BCUT2D eigenvalue weighted by atomic mass is 10.1. The van der Waals surface area contributed by atoms with Crippen LogP contribution in [-0.4, -0.2) is 62.9 Å². The second-order valence-corrected chi connectivity index (χ2v) is 9.62. The van der Waals surface area contributed by atoms with Crippen molar-refractivity contribution in [1.29, 1.82) is 0 Å². The number of nitrogens with zero attached hydrogens (tertiary/aromatic N) is 6. The Morgan fingerprint density at radius 3 is 2.55 bits per heavy atom. The Morgan fingerprint density at radius 2 is 1.90 bits per heavy atom. The Balaban J connectivity index is 1.62. The first-order valence-electron chi connectivity index (χ1n) is 10.3. The highest BCUT2D eigenvalue weighted by molar-refractivity contribution is 7.98. The van der Waals surface area contributed by atoms with Crippen LogP contribution in [-0.2, 0) is 27.3 Å². The molecule has 0 aromatic carbocycles. The number of rotatable bonds is 7. The molecule has 0 spiro atoms. The topological polar surface area (TPSA) is 120 Å². The summed E-state index contributed by atoms with van der Waals surface area (Å²) in [5, 5.41) is 16.3. The van der Waals surface area contributed by atoms with Crippen LogP contribution in [0.15, 0.2) is 9.68 Å². The fourth-order valence-electron chi connectivity index (χ4n) is 2.97. The van der Waals surface area contributed by atoms with E-state index in [1.54, 1.807) is 13.8 Å². The summed E-state index contributed by atoms with van der Waals surface area (Å²) in [5.41, 5.74) is -1.43. The van der Waals surface area contributed by atoms with E-state index in [9.17, 15) is 4.79 Å². The van der Waals surface area contributed by atoms with Crippen molar-refractivity contribution in [3.8, 4) is 0 Å². The Morgan fingerprint density at radius 1 is 1.19 bits per heavy atom. The number of alkyl carbamates (subject to hydrolysis) is 1. The number of morpholine rings is 1. The minimum atomic E-state index is -0.846. The number of aromatic nitrogens is 5. The Bertz CT molecular complexity index is 884. The van der Waals surface area contributed by atoms with E-state index in [-0.39, 0.29) is 0 Å². The fourth-order valence-corrected chi connectivity index (χ4v) is 3.81. The minimum Gasteiger partial charge on any atom is -0.444 e. The van der Waals surface area contributed by atoms with Gasteiger partial charge in [0.2, 0.25) is 11.8 Å². The van der Waals surface area contributed by atoms with Crippen LogP contribution in [0.3, 0.4) is 0 Å². The van der Waals surface area contributed by atoms with Crippen molar-refractivity contribution in [2.45, 2.75) is 70.1 Å². The van der Waals surface area contributed by atoms with E-state index in [0.717, 1.165) is 30.7 Å². The normalized spacial score (nSPS) is 15.2. The molecule has 1 aliphatic rings. The van der Waals surface area contributed by atoms with Gasteiger partial charge in [0.25, 0.3) is 0 Å². The zero-order valence-corrected chi connectivity index (χ0v) is 19.8. The number of carbonyl (C=O) groups is 1. The number of nitrogens with one attached hydrogen (secondary N) is 1. The number of carbonyl (C=O) groups excluding carboxylic acids is 1. The number of hydrogen-bond donors (Lipinski definition) is 1. The van der Waals surface area contributed by atoms with E-state index in [1.807, 2.05) is 20.8 Å². The number of thioether (sulfide) groups is 1. The van der Waals surface area contributed by atoms with Gasteiger partial charge < -0.3 is 24.2 Å². The van der Waals surface area contributed by atoms with E-state index in [0.29, 0.717) is 30.7 Å². The summed E-state index contributed by atoms with van der Waals surface area (Å²) in [6.45, 7) is 14.8. The second kappa shape index (κ2) is 9.43. The SMILES string of the molecule is CCn1c(SCc2nc(C(C)(C)NC(=O)OC(C)(C)C)no2)nnc1N1CCOCC1. The highest BCUT2D eigenvalue weighted by atomic mass is 32.2. The first-order valence-corrected chi connectivity index (χ1v) is 11.3.